The molecule has 1 aromatic carbocycles. The Morgan fingerprint density at radius 1 is 1.25 bits per heavy atom. The third-order valence-corrected chi connectivity index (χ3v) is 3.77. The molecule has 1 aliphatic carbocycles. The van der Waals surface area contributed by atoms with Crippen LogP contribution in [0.1, 0.15) is 43.6 Å². The van der Waals surface area contributed by atoms with Gasteiger partial charge in [-0.2, -0.15) is 0 Å². The molecule has 1 aliphatic rings. The van der Waals surface area contributed by atoms with E-state index in [-0.39, 0.29) is 5.92 Å². The Balaban J connectivity index is 2.17. The molecule has 0 aromatic heterocycles. The lowest BCUT2D eigenvalue weighted by molar-refractivity contribution is -0.110. The van der Waals surface area contributed by atoms with Gasteiger partial charge in [0.1, 0.15) is 6.29 Å². The van der Waals surface area contributed by atoms with Crippen molar-refractivity contribution in [3.05, 3.63) is 34.9 Å². The minimum absolute atomic E-state index is 0.0407. The van der Waals surface area contributed by atoms with Crippen molar-refractivity contribution in [2.45, 2.75) is 38.0 Å². The first-order valence-corrected chi connectivity index (χ1v) is 6.40. The van der Waals surface area contributed by atoms with Crippen LogP contribution in [0, 0.1) is 5.92 Å². The van der Waals surface area contributed by atoms with E-state index in [1.165, 1.54) is 32.1 Å². The van der Waals surface area contributed by atoms with Crippen molar-refractivity contribution < 1.29 is 4.79 Å². The second-order valence-electron chi connectivity index (χ2n) is 4.61. The molecule has 0 bridgehead atoms. The van der Waals surface area contributed by atoms with Crippen molar-refractivity contribution in [2.24, 2.45) is 5.92 Å². The van der Waals surface area contributed by atoms with Gasteiger partial charge in [-0.25, -0.2) is 0 Å². The molecule has 1 nitrogen and oxygen atoms in total. The molecule has 0 radical (unpaired) electrons. The van der Waals surface area contributed by atoms with E-state index < -0.39 is 0 Å². The molecule has 0 amide bonds. The Bertz CT molecular complexity index is 356. The van der Waals surface area contributed by atoms with E-state index in [2.05, 4.69) is 0 Å². The number of carbonyl (C=O) groups is 1. The van der Waals surface area contributed by atoms with Gasteiger partial charge >= 0.3 is 0 Å². The van der Waals surface area contributed by atoms with Crippen molar-refractivity contribution in [1.82, 2.24) is 0 Å². The van der Waals surface area contributed by atoms with Gasteiger partial charge in [0.05, 0.1) is 0 Å². The summed E-state index contributed by atoms with van der Waals surface area (Å²) in [5, 5.41) is 0.722. The third-order valence-electron chi connectivity index (χ3n) is 3.54. The van der Waals surface area contributed by atoms with Crippen molar-refractivity contribution >= 4 is 17.9 Å². The first-order valence-electron chi connectivity index (χ1n) is 6.02. The summed E-state index contributed by atoms with van der Waals surface area (Å²) < 4.78 is 0. The SMILES string of the molecule is O=CC(c1cccc(Cl)c1)C1CCCCC1. The molecule has 86 valence electrons. The Labute approximate surface area is 102 Å². The first kappa shape index (κ1) is 11.7. The van der Waals surface area contributed by atoms with Crippen LogP contribution >= 0.6 is 11.6 Å². The summed E-state index contributed by atoms with van der Waals surface area (Å²) in [5.41, 5.74) is 1.08. The largest absolute Gasteiger partial charge is 0.303 e. The predicted molar refractivity (Wildman–Crippen MR) is 66.8 cm³/mol. The van der Waals surface area contributed by atoms with Gasteiger partial charge in [-0.1, -0.05) is 43.0 Å². The van der Waals surface area contributed by atoms with Crippen LogP contribution in [0.15, 0.2) is 24.3 Å². The molecule has 2 heteroatoms. The Kier molecular flexibility index (Phi) is 4.00. The standard InChI is InChI=1S/C14H17ClO/c15-13-8-4-7-12(9-13)14(10-16)11-5-2-1-3-6-11/h4,7-11,14H,1-3,5-6H2. The van der Waals surface area contributed by atoms with Gasteiger partial charge in [0.2, 0.25) is 0 Å². The minimum Gasteiger partial charge on any atom is -0.303 e. The summed E-state index contributed by atoms with van der Waals surface area (Å²) in [4.78, 5) is 11.3. The Morgan fingerprint density at radius 3 is 2.62 bits per heavy atom. The van der Waals surface area contributed by atoms with E-state index in [0.29, 0.717) is 5.92 Å². The van der Waals surface area contributed by atoms with E-state index in [1.54, 1.807) is 0 Å². The number of benzene rings is 1. The van der Waals surface area contributed by atoms with Gasteiger partial charge in [-0.15, -0.1) is 0 Å². The molecule has 1 saturated carbocycles. The zero-order chi connectivity index (χ0) is 11.4. The highest BCUT2D eigenvalue weighted by Crippen LogP contribution is 2.35. The predicted octanol–water partition coefficient (Wildman–Crippen LogP) is 4.20. The molecule has 16 heavy (non-hydrogen) atoms. The molecule has 0 saturated heterocycles. The smallest absolute Gasteiger partial charge is 0.127 e. The maximum Gasteiger partial charge on any atom is 0.127 e. The maximum atomic E-state index is 11.3. The number of rotatable bonds is 3. The fraction of sp³-hybridized carbons (Fsp3) is 0.500. The fourth-order valence-corrected chi connectivity index (χ4v) is 2.87. The summed E-state index contributed by atoms with van der Waals surface area (Å²) in [6.45, 7) is 0. The number of hydrogen-bond acceptors (Lipinski definition) is 1. The topological polar surface area (TPSA) is 17.1 Å². The lowest BCUT2D eigenvalue weighted by Gasteiger charge is -2.27. The van der Waals surface area contributed by atoms with Crippen molar-refractivity contribution in [3.8, 4) is 0 Å². The van der Waals surface area contributed by atoms with E-state index in [0.717, 1.165) is 16.9 Å². The monoisotopic (exact) mass is 236 g/mol. The number of halogens is 1. The summed E-state index contributed by atoms with van der Waals surface area (Å²) >= 11 is 5.97. The molecular formula is C14H17ClO. The van der Waals surface area contributed by atoms with Gasteiger partial charge in [0.15, 0.2) is 0 Å². The summed E-state index contributed by atoms with van der Waals surface area (Å²) in [5.74, 6) is 0.559. The number of hydrogen-bond donors (Lipinski definition) is 0. The molecule has 0 aliphatic heterocycles. The second kappa shape index (κ2) is 5.49. The molecule has 1 fully saturated rings. The van der Waals surface area contributed by atoms with Crippen LogP contribution in [-0.2, 0) is 4.79 Å². The highest BCUT2D eigenvalue weighted by molar-refractivity contribution is 6.30. The fourth-order valence-electron chi connectivity index (χ4n) is 2.67. The van der Waals surface area contributed by atoms with Gasteiger partial charge in [-0.05, 0) is 36.5 Å². The normalized spacial score (nSPS) is 19.3. The summed E-state index contributed by atoms with van der Waals surface area (Å²) in [7, 11) is 0. The van der Waals surface area contributed by atoms with E-state index >= 15 is 0 Å². The average molecular weight is 237 g/mol. The van der Waals surface area contributed by atoms with Crippen molar-refractivity contribution in [3.63, 3.8) is 0 Å². The first-order chi connectivity index (χ1) is 7.81. The van der Waals surface area contributed by atoms with Gasteiger partial charge in [0, 0.05) is 10.9 Å². The van der Waals surface area contributed by atoms with Crippen molar-refractivity contribution in [2.75, 3.05) is 0 Å². The van der Waals surface area contributed by atoms with Crippen molar-refractivity contribution in [1.29, 1.82) is 0 Å². The third kappa shape index (κ3) is 2.65. The van der Waals surface area contributed by atoms with Crippen LogP contribution in [0.2, 0.25) is 5.02 Å². The molecule has 0 spiro atoms. The van der Waals surface area contributed by atoms with Crippen LogP contribution in [0.4, 0.5) is 0 Å². The molecule has 1 aromatic rings. The lowest BCUT2D eigenvalue weighted by atomic mass is 9.77. The second-order valence-corrected chi connectivity index (χ2v) is 5.05. The zero-order valence-corrected chi connectivity index (χ0v) is 10.1. The quantitative estimate of drug-likeness (QED) is 0.719. The zero-order valence-electron chi connectivity index (χ0n) is 9.36. The highest BCUT2D eigenvalue weighted by Gasteiger charge is 2.24. The van der Waals surface area contributed by atoms with Gasteiger partial charge in [-0.3, -0.25) is 0 Å². The van der Waals surface area contributed by atoms with Gasteiger partial charge < -0.3 is 4.79 Å². The highest BCUT2D eigenvalue weighted by atomic mass is 35.5. The maximum absolute atomic E-state index is 11.3. The molecule has 1 atom stereocenters. The minimum atomic E-state index is 0.0407. The molecule has 1 unspecified atom stereocenters. The van der Waals surface area contributed by atoms with Crippen LogP contribution in [-0.4, -0.2) is 6.29 Å². The molecule has 0 N–H and O–H groups in total. The molecular weight excluding hydrogens is 220 g/mol. The number of aldehydes is 1. The van der Waals surface area contributed by atoms with Crippen LogP contribution in [0.3, 0.4) is 0 Å². The summed E-state index contributed by atoms with van der Waals surface area (Å²) in [6.07, 6.45) is 7.29. The van der Waals surface area contributed by atoms with E-state index in [1.807, 2.05) is 24.3 Å². The van der Waals surface area contributed by atoms with E-state index in [9.17, 15) is 4.79 Å². The van der Waals surface area contributed by atoms with Crippen LogP contribution < -0.4 is 0 Å². The van der Waals surface area contributed by atoms with E-state index in [4.69, 9.17) is 11.6 Å². The summed E-state index contributed by atoms with van der Waals surface area (Å²) in [6, 6.07) is 7.72. The molecule has 0 heterocycles. The van der Waals surface area contributed by atoms with Crippen LogP contribution in [0.25, 0.3) is 0 Å². The number of carbonyl (C=O) groups excluding carboxylic acids is 1. The van der Waals surface area contributed by atoms with Gasteiger partial charge in [0.25, 0.3) is 0 Å². The molecule has 2 rings (SSSR count). The Hall–Kier alpha value is -0.820. The van der Waals surface area contributed by atoms with Crippen LogP contribution in [0.5, 0.6) is 0 Å². The lowest BCUT2D eigenvalue weighted by Crippen LogP contribution is -2.17. The Morgan fingerprint density at radius 2 is 2.00 bits per heavy atom. The average Bonchev–Trinajstić information content (AvgIpc) is 2.31.